The van der Waals surface area contributed by atoms with E-state index in [-0.39, 0.29) is 17.7 Å². The number of nitrogens with zero attached hydrogens (tertiary/aromatic N) is 4. The third-order valence-electron chi connectivity index (χ3n) is 4.80. The van der Waals surface area contributed by atoms with Gasteiger partial charge in [-0.05, 0) is 19.2 Å². The second-order valence-electron chi connectivity index (χ2n) is 6.50. The van der Waals surface area contributed by atoms with Crippen LogP contribution in [0.1, 0.15) is 6.42 Å². The molecule has 2 saturated heterocycles. The molecule has 6 nitrogen and oxygen atoms in total. The van der Waals surface area contributed by atoms with Crippen LogP contribution in [-0.4, -0.2) is 66.4 Å². The molecule has 0 radical (unpaired) electrons. The van der Waals surface area contributed by atoms with Gasteiger partial charge in [0.2, 0.25) is 11.8 Å². The van der Waals surface area contributed by atoms with Gasteiger partial charge in [0.15, 0.2) is 5.13 Å². The molecule has 2 aromatic rings. The summed E-state index contributed by atoms with van der Waals surface area (Å²) in [5.74, 6) is -0.130. The summed E-state index contributed by atoms with van der Waals surface area (Å²) in [5, 5.41) is 0.704. The zero-order valence-corrected chi connectivity index (χ0v) is 14.5. The van der Waals surface area contributed by atoms with Gasteiger partial charge in [0.1, 0.15) is 0 Å². The third kappa shape index (κ3) is 2.78. The predicted molar refractivity (Wildman–Crippen MR) is 94.2 cm³/mol. The van der Waals surface area contributed by atoms with E-state index in [2.05, 4.69) is 16.9 Å². The first-order chi connectivity index (χ1) is 11.6. The average Bonchev–Trinajstić information content (AvgIpc) is 3.18. The minimum atomic E-state index is -0.243. The van der Waals surface area contributed by atoms with Crippen molar-refractivity contribution in [2.24, 2.45) is 5.92 Å². The van der Waals surface area contributed by atoms with Crippen molar-refractivity contribution < 1.29 is 9.59 Å². The molecular formula is C17H20N4O2S. The first-order valence-corrected chi connectivity index (χ1v) is 9.07. The molecule has 3 heterocycles. The van der Waals surface area contributed by atoms with E-state index >= 15 is 0 Å². The second kappa shape index (κ2) is 6.14. The van der Waals surface area contributed by atoms with E-state index in [0.29, 0.717) is 18.1 Å². The minimum absolute atomic E-state index is 0.00142. The first-order valence-electron chi connectivity index (χ1n) is 8.25. The topological polar surface area (TPSA) is 56.8 Å². The molecule has 4 rings (SSSR count). The number of likely N-dealkylation sites (N-methyl/N-ethyl adjacent to an activating group) is 1. The summed E-state index contributed by atoms with van der Waals surface area (Å²) in [5.41, 5.74) is 0.902. The monoisotopic (exact) mass is 344 g/mol. The predicted octanol–water partition coefficient (Wildman–Crippen LogP) is 1.42. The SMILES string of the molecule is CN1CCN(C(=O)C2CC(=O)N(c3nc4ccccc4s3)C2)CC1. The standard InChI is InChI=1S/C17H20N4O2S/c1-19-6-8-20(9-7-19)16(23)12-10-15(22)21(11-12)17-18-13-4-2-3-5-14(13)24-17/h2-5,12H,6-11H2,1H3. The maximum absolute atomic E-state index is 12.7. The largest absolute Gasteiger partial charge is 0.340 e. The van der Waals surface area contributed by atoms with E-state index in [1.165, 1.54) is 11.3 Å². The number of carbonyl (C=O) groups excluding carboxylic acids is 2. The summed E-state index contributed by atoms with van der Waals surface area (Å²) in [6.45, 7) is 3.74. The number of benzene rings is 1. The summed E-state index contributed by atoms with van der Waals surface area (Å²) in [4.78, 5) is 35.5. The average molecular weight is 344 g/mol. The van der Waals surface area contributed by atoms with Gasteiger partial charge < -0.3 is 9.80 Å². The number of piperazine rings is 1. The number of hydrogen-bond acceptors (Lipinski definition) is 5. The third-order valence-corrected chi connectivity index (χ3v) is 5.86. The number of fused-ring (bicyclic) bond motifs is 1. The maximum Gasteiger partial charge on any atom is 0.229 e. The van der Waals surface area contributed by atoms with Gasteiger partial charge in [-0.2, -0.15) is 0 Å². The Balaban J connectivity index is 1.49. The summed E-state index contributed by atoms with van der Waals surface area (Å²) < 4.78 is 1.06. The van der Waals surface area contributed by atoms with Crippen molar-refractivity contribution in [1.29, 1.82) is 0 Å². The van der Waals surface area contributed by atoms with Gasteiger partial charge in [0.05, 0.1) is 16.1 Å². The number of amides is 2. The van der Waals surface area contributed by atoms with Crippen molar-refractivity contribution in [2.75, 3.05) is 44.7 Å². The Labute approximate surface area is 144 Å². The molecule has 1 unspecified atom stereocenters. The molecule has 0 saturated carbocycles. The molecule has 0 spiro atoms. The smallest absolute Gasteiger partial charge is 0.229 e. The van der Waals surface area contributed by atoms with Gasteiger partial charge in [-0.1, -0.05) is 23.5 Å². The van der Waals surface area contributed by atoms with Crippen LogP contribution in [0.2, 0.25) is 0 Å². The van der Waals surface area contributed by atoms with Crippen LogP contribution in [0, 0.1) is 5.92 Å². The molecule has 0 N–H and O–H groups in total. The maximum atomic E-state index is 12.7. The van der Waals surface area contributed by atoms with Crippen molar-refractivity contribution >= 4 is 38.5 Å². The molecule has 2 aliphatic heterocycles. The van der Waals surface area contributed by atoms with E-state index in [4.69, 9.17) is 0 Å². The van der Waals surface area contributed by atoms with E-state index in [0.717, 1.165) is 36.4 Å². The van der Waals surface area contributed by atoms with Crippen LogP contribution in [-0.2, 0) is 9.59 Å². The molecule has 2 amide bonds. The Kier molecular flexibility index (Phi) is 3.97. The number of carbonyl (C=O) groups is 2. The van der Waals surface area contributed by atoms with Gasteiger partial charge in [0, 0.05) is 39.1 Å². The quantitative estimate of drug-likeness (QED) is 0.827. The zero-order valence-electron chi connectivity index (χ0n) is 13.6. The Morgan fingerprint density at radius 2 is 1.96 bits per heavy atom. The van der Waals surface area contributed by atoms with Crippen LogP contribution >= 0.6 is 11.3 Å². The summed E-state index contributed by atoms with van der Waals surface area (Å²) in [6.07, 6.45) is 0.293. The number of para-hydroxylation sites is 1. The van der Waals surface area contributed by atoms with Crippen LogP contribution < -0.4 is 4.90 Å². The number of rotatable bonds is 2. The van der Waals surface area contributed by atoms with E-state index in [1.807, 2.05) is 29.2 Å². The summed E-state index contributed by atoms with van der Waals surface area (Å²) in [7, 11) is 2.07. The van der Waals surface area contributed by atoms with Crippen molar-refractivity contribution in [3.8, 4) is 0 Å². The molecule has 1 aromatic carbocycles. The molecular weight excluding hydrogens is 324 g/mol. The number of aromatic nitrogens is 1. The fourth-order valence-electron chi connectivity index (χ4n) is 3.32. The van der Waals surface area contributed by atoms with E-state index < -0.39 is 0 Å². The second-order valence-corrected chi connectivity index (χ2v) is 7.51. The fraction of sp³-hybridized carbons (Fsp3) is 0.471. The Bertz CT molecular complexity index is 749. The van der Waals surface area contributed by atoms with Crippen molar-refractivity contribution in [3.05, 3.63) is 24.3 Å². The normalized spacial score (nSPS) is 22.5. The lowest BCUT2D eigenvalue weighted by Crippen LogP contribution is -2.49. The highest BCUT2D eigenvalue weighted by Crippen LogP contribution is 2.33. The van der Waals surface area contributed by atoms with Gasteiger partial charge in [0.25, 0.3) is 0 Å². The molecule has 7 heteroatoms. The highest BCUT2D eigenvalue weighted by molar-refractivity contribution is 7.22. The first kappa shape index (κ1) is 15.5. The number of hydrogen-bond donors (Lipinski definition) is 0. The van der Waals surface area contributed by atoms with Crippen LogP contribution in [0.25, 0.3) is 10.2 Å². The van der Waals surface area contributed by atoms with Gasteiger partial charge >= 0.3 is 0 Å². The molecule has 2 aliphatic rings. The van der Waals surface area contributed by atoms with Crippen molar-refractivity contribution in [2.45, 2.75) is 6.42 Å². The molecule has 0 bridgehead atoms. The fourth-order valence-corrected chi connectivity index (χ4v) is 4.31. The lowest BCUT2D eigenvalue weighted by Gasteiger charge is -2.33. The van der Waals surface area contributed by atoms with E-state index in [1.54, 1.807) is 4.90 Å². The lowest BCUT2D eigenvalue weighted by atomic mass is 10.1. The molecule has 2 fully saturated rings. The lowest BCUT2D eigenvalue weighted by molar-refractivity contribution is -0.137. The Morgan fingerprint density at radius 3 is 2.71 bits per heavy atom. The highest BCUT2D eigenvalue weighted by atomic mass is 32.1. The molecule has 1 aromatic heterocycles. The van der Waals surface area contributed by atoms with Gasteiger partial charge in [-0.3, -0.25) is 14.5 Å². The molecule has 24 heavy (non-hydrogen) atoms. The van der Waals surface area contributed by atoms with Crippen LogP contribution in [0.4, 0.5) is 5.13 Å². The Morgan fingerprint density at radius 1 is 1.21 bits per heavy atom. The summed E-state index contributed by atoms with van der Waals surface area (Å²) in [6, 6.07) is 7.86. The zero-order chi connectivity index (χ0) is 16.7. The Hall–Kier alpha value is -1.99. The highest BCUT2D eigenvalue weighted by Gasteiger charge is 2.38. The summed E-state index contributed by atoms with van der Waals surface area (Å²) >= 11 is 1.51. The van der Waals surface area contributed by atoms with Gasteiger partial charge in [-0.25, -0.2) is 4.98 Å². The minimum Gasteiger partial charge on any atom is -0.340 e. The van der Waals surface area contributed by atoms with Gasteiger partial charge in [-0.15, -0.1) is 0 Å². The van der Waals surface area contributed by atoms with Crippen molar-refractivity contribution in [1.82, 2.24) is 14.8 Å². The van der Waals surface area contributed by atoms with Crippen LogP contribution in [0.3, 0.4) is 0 Å². The van der Waals surface area contributed by atoms with E-state index in [9.17, 15) is 9.59 Å². The molecule has 1 atom stereocenters. The molecule has 0 aliphatic carbocycles. The molecule has 126 valence electrons. The van der Waals surface area contributed by atoms with Crippen LogP contribution in [0.15, 0.2) is 24.3 Å². The van der Waals surface area contributed by atoms with Crippen molar-refractivity contribution in [3.63, 3.8) is 0 Å². The number of thiazole rings is 1. The number of anilines is 1. The van der Waals surface area contributed by atoms with Crippen LogP contribution in [0.5, 0.6) is 0 Å².